The minimum atomic E-state index is 0.342. The minimum Gasteiger partial charge on any atom is -0.327 e. The molecule has 2 atom stereocenters. The van der Waals surface area contributed by atoms with Gasteiger partial charge in [-0.2, -0.15) is 0 Å². The van der Waals surface area contributed by atoms with E-state index in [4.69, 9.17) is 5.73 Å². The number of likely N-dealkylation sites (tertiary alicyclic amines) is 1. The van der Waals surface area contributed by atoms with E-state index in [1.165, 1.54) is 77.3 Å². The van der Waals surface area contributed by atoms with Crippen LogP contribution in [0, 0.1) is 0 Å². The average molecular weight is 254 g/mol. The van der Waals surface area contributed by atoms with Crippen molar-refractivity contribution in [3.8, 4) is 0 Å². The van der Waals surface area contributed by atoms with E-state index in [0.717, 1.165) is 0 Å². The van der Waals surface area contributed by atoms with Crippen LogP contribution in [0.15, 0.2) is 0 Å². The lowest BCUT2D eigenvalue weighted by Crippen LogP contribution is -2.49. The Balaban J connectivity index is 2.06. The summed E-state index contributed by atoms with van der Waals surface area (Å²) in [4.78, 5) is 2.65. The van der Waals surface area contributed by atoms with Gasteiger partial charge in [0.15, 0.2) is 0 Å². The fourth-order valence-electron chi connectivity index (χ4n) is 3.16. The van der Waals surface area contributed by atoms with Crippen LogP contribution in [0.3, 0.4) is 0 Å². The molecule has 1 aliphatic rings. The molecule has 2 N–H and O–H groups in total. The van der Waals surface area contributed by atoms with Crippen LogP contribution in [0.4, 0.5) is 0 Å². The molecular weight excluding hydrogens is 220 g/mol. The average Bonchev–Trinajstić information content (AvgIpc) is 2.38. The Morgan fingerprint density at radius 1 is 1.06 bits per heavy atom. The van der Waals surface area contributed by atoms with Crippen molar-refractivity contribution in [1.29, 1.82) is 0 Å². The Hall–Kier alpha value is -0.0800. The van der Waals surface area contributed by atoms with Gasteiger partial charge in [0.05, 0.1) is 0 Å². The molecule has 18 heavy (non-hydrogen) atoms. The van der Waals surface area contributed by atoms with Crippen LogP contribution in [0.5, 0.6) is 0 Å². The normalized spacial score (nSPS) is 23.2. The lowest BCUT2D eigenvalue weighted by molar-refractivity contribution is 0.128. The molecule has 0 aromatic carbocycles. The largest absolute Gasteiger partial charge is 0.327 e. The third-order valence-corrected chi connectivity index (χ3v) is 4.32. The van der Waals surface area contributed by atoms with E-state index in [2.05, 4.69) is 18.7 Å². The Kier molecular flexibility index (Phi) is 8.70. The van der Waals surface area contributed by atoms with Gasteiger partial charge in [-0.3, -0.25) is 4.90 Å². The number of rotatable bonds is 9. The lowest BCUT2D eigenvalue weighted by atomic mass is 9.96. The Labute approximate surface area is 114 Å². The SMILES string of the molecule is CCCCCCCCCN1CCCCC1C(C)N. The smallest absolute Gasteiger partial charge is 0.0244 e. The quantitative estimate of drug-likeness (QED) is 0.632. The van der Waals surface area contributed by atoms with Gasteiger partial charge in [0, 0.05) is 12.1 Å². The van der Waals surface area contributed by atoms with Crippen LogP contribution in [-0.4, -0.2) is 30.1 Å². The van der Waals surface area contributed by atoms with Crippen LogP contribution in [0.1, 0.15) is 78.1 Å². The molecule has 0 bridgehead atoms. The van der Waals surface area contributed by atoms with Crippen LogP contribution in [-0.2, 0) is 0 Å². The molecule has 0 radical (unpaired) electrons. The first-order valence-electron chi connectivity index (χ1n) is 8.25. The molecule has 0 aliphatic carbocycles. The molecule has 0 spiro atoms. The minimum absolute atomic E-state index is 0.342. The molecule has 0 saturated carbocycles. The second-order valence-corrected chi connectivity index (χ2v) is 6.08. The van der Waals surface area contributed by atoms with Gasteiger partial charge >= 0.3 is 0 Å². The molecular formula is C16H34N2. The molecule has 1 heterocycles. The highest BCUT2D eigenvalue weighted by atomic mass is 15.2. The lowest BCUT2D eigenvalue weighted by Gasteiger charge is -2.38. The van der Waals surface area contributed by atoms with Crippen LogP contribution < -0.4 is 5.73 Å². The van der Waals surface area contributed by atoms with Gasteiger partial charge in [0.1, 0.15) is 0 Å². The summed E-state index contributed by atoms with van der Waals surface area (Å²) in [6, 6.07) is 0.994. The van der Waals surface area contributed by atoms with E-state index in [-0.39, 0.29) is 0 Å². The summed E-state index contributed by atoms with van der Waals surface area (Å²) in [7, 11) is 0. The van der Waals surface area contributed by atoms with Crippen LogP contribution in [0.2, 0.25) is 0 Å². The molecule has 1 fully saturated rings. The summed E-state index contributed by atoms with van der Waals surface area (Å²) >= 11 is 0. The molecule has 2 nitrogen and oxygen atoms in total. The van der Waals surface area contributed by atoms with Crippen molar-refractivity contribution in [3.63, 3.8) is 0 Å². The molecule has 108 valence electrons. The van der Waals surface area contributed by atoms with E-state index < -0.39 is 0 Å². The van der Waals surface area contributed by atoms with Crippen LogP contribution >= 0.6 is 0 Å². The fourth-order valence-corrected chi connectivity index (χ4v) is 3.16. The Morgan fingerprint density at radius 3 is 2.39 bits per heavy atom. The van der Waals surface area contributed by atoms with Crippen molar-refractivity contribution in [2.24, 2.45) is 5.73 Å². The van der Waals surface area contributed by atoms with Crippen molar-refractivity contribution in [2.75, 3.05) is 13.1 Å². The van der Waals surface area contributed by atoms with Crippen molar-refractivity contribution < 1.29 is 0 Å². The van der Waals surface area contributed by atoms with Crippen LogP contribution in [0.25, 0.3) is 0 Å². The summed E-state index contributed by atoms with van der Waals surface area (Å²) in [5.74, 6) is 0. The number of piperidine rings is 1. The predicted octanol–water partition coefficient (Wildman–Crippen LogP) is 3.94. The van der Waals surface area contributed by atoms with Gasteiger partial charge < -0.3 is 5.73 Å². The van der Waals surface area contributed by atoms with E-state index in [1.807, 2.05) is 0 Å². The number of nitrogens with two attached hydrogens (primary N) is 1. The summed E-state index contributed by atoms with van der Waals surface area (Å²) in [6.45, 7) is 7.01. The highest BCUT2D eigenvalue weighted by molar-refractivity contribution is 4.82. The van der Waals surface area contributed by atoms with Crippen molar-refractivity contribution in [3.05, 3.63) is 0 Å². The zero-order valence-electron chi connectivity index (χ0n) is 12.7. The van der Waals surface area contributed by atoms with Crippen molar-refractivity contribution >= 4 is 0 Å². The van der Waals surface area contributed by atoms with E-state index >= 15 is 0 Å². The number of hydrogen-bond donors (Lipinski definition) is 1. The summed E-state index contributed by atoms with van der Waals surface area (Å²) in [5, 5.41) is 0. The molecule has 1 aliphatic heterocycles. The first-order valence-corrected chi connectivity index (χ1v) is 8.25. The van der Waals surface area contributed by atoms with E-state index in [1.54, 1.807) is 0 Å². The summed E-state index contributed by atoms with van der Waals surface area (Å²) in [6.07, 6.45) is 13.9. The van der Waals surface area contributed by atoms with Crippen molar-refractivity contribution in [2.45, 2.75) is 90.1 Å². The molecule has 0 aromatic heterocycles. The molecule has 1 rings (SSSR count). The monoisotopic (exact) mass is 254 g/mol. The third-order valence-electron chi connectivity index (χ3n) is 4.32. The molecule has 0 amide bonds. The maximum absolute atomic E-state index is 6.10. The maximum Gasteiger partial charge on any atom is 0.0244 e. The number of unbranched alkanes of at least 4 members (excludes halogenated alkanes) is 6. The fraction of sp³-hybridized carbons (Fsp3) is 1.00. The second kappa shape index (κ2) is 9.80. The van der Waals surface area contributed by atoms with E-state index in [9.17, 15) is 0 Å². The zero-order chi connectivity index (χ0) is 13.2. The van der Waals surface area contributed by atoms with Gasteiger partial charge in [0.25, 0.3) is 0 Å². The highest BCUT2D eigenvalue weighted by Gasteiger charge is 2.24. The standard InChI is InChI=1S/C16H34N2/c1-3-4-5-6-7-8-10-13-18-14-11-9-12-16(18)15(2)17/h15-16H,3-14,17H2,1-2H3. The zero-order valence-corrected chi connectivity index (χ0v) is 12.7. The number of nitrogens with zero attached hydrogens (tertiary/aromatic N) is 1. The summed E-state index contributed by atoms with van der Waals surface area (Å²) < 4.78 is 0. The third kappa shape index (κ3) is 6.19. The Morgan fingerprint density at radius 2 is 1.72 bits per heavy atom. The molecule has 2 heteroatoms. The molecule has 1 saturated heterocycles. The highest BCUT2D eigenvalue weighted by Crippen LogP contribution is 2.19. The van der Waals surface area contributed by atoms with Gasteiger partial charge in [-0.1, -0.05) is 51.9 Å². The summed E-state index contributed by atoms with van der Waals surface area (Å²) in [5.41, 5.74) is 6.10. The second-order valence-electron chi connectivity index (χ2n) is 6.08. The molecule has 2 unspecified atom stereocenters. The van der Waals surface area contributed by atoms with Gasteiger partial charge in [-0.15, -0.1) is 0 Å². The van der Waals surface area contributed by atoms with Gasteiger partial charge in [0.2, 0.25) is 0 Å². The van der Waals surface area contributed by atoms with Gasteiger partial charge in [-0.05, 0) is 39.3 Å². The first kappa shape index (κ1) is 16.0. The topological polar surface area (TPSA) is 29.3 Å². The number of hydrogen-bond acceptors (Lipinski definition) is 2. The maximum atomic E-state index is 6.10. The Bertz CT molecular complexity index is 192. The van der Waals surface area contributed by atoms with Gasteiger partial charge in [-0.25, -0.2) is 0 Å². The molecule has 0 aromatic rings. The first-order chi connectivity index (χ1) is 8.75. The van der Waals surface area contributed by atoms with E-state index in [0.29, 0.717) is 12.1 Å². The predicted molar refractivity (Wildman–Crippen MR) is 80.9 cm³/mol. The van der Waals surface area contributed by atoms with Crippen molar-refractivity contribution in [1.82, 2.24) is 4.90 Å².